The van der Waals surface area contributed by atoms with Crippen LogP contribution in [0.25, 0.3) is 0 Å². The van der Waals surface area contributed by atoms with Crippen LogP contribution in [0.4, 0.5) is 5.69 Å². The summed E-state index contributed by atoms with van der Waals surface area (Å²) in [5, 5.41) is 2.96. The van der Waals surface area contributed by atoms with Gasteiger partial charge in [-0.3, -0.25) is 14.5 Å². The zero-order valence-electron chi connectivity index (χ0n) is 15.6. The number of nitrogens with two attached hydrogens (primary N) is 1. The maximum Gasteiger partial charge on any atom is 0.340 e. The summed E-state index contributed by atoms with van der Waals surface area (Å²) in [7, 11) is 1.21. The van der Waals surface area contributed by atoms with E-state index >= 15 is 0 Å². The van der Waals surface area contributed by atoms with Crippen LogP contribution in [0, 0.1) is 0 Å². The molecule has 0 radical (unpaired) electrons. The van der Waals surface area contributed by atoms with Crippen LogP contribution in [0.3, 0.4) is 0 Å². The lowest BCUT2D eigenvalue weighted by Crippen LogP contribution is -2.51. The minimum absolute atomic E-state index is 0.0359. The van der Waals surface area contributed by atoms with Gasteiger partial charge in [0.15, 0.2) is 0 Å². The summed E-state index contributed by atoms with van der Waals surface area (Å²) in [5.41, 5.74) is 7.75. The van der Waals surface area contributed by atoms with Gasteiger partial charge in [0.2, 0.25) is 11.8 Å². The van der Waals surface area contributed by atoms with Gasteiger partial charge in [-0.15, -0.1) is 0 Å². The zero-order chi connectivity index (χ0) is 21.1. The van der Waals surface area contributed by atoms with Gasteiger partial charge in [0, 0.05) is 11.6 Å². The number of benzene rings is 2. The second-order valence-electron chi connectivity index (χ2n) is 6.65. The predicted octanol–water partition coefficient (Wildman–Crippen LogP) is 2.63. The maximum absolute atomic E-state index is 12.7. The van der Waals surface area contributed by atoms with Gasteiger partial charge in [0.05, 0.1) is 36.0 Å². The molecule has 0 spiro atoms. The normalized spacial score (nSPS) is 16.0. The fourth-order valence-corrected chi connectivity index (χ4v) is 3.90. The van der Waals surface area contributed by atoms with Crippen LogP contribution < -0.4 is 11.1 Å². The van der Waals surface area contributed by atoms with E-state index in [9.17, 15) is 14.4 Å². The first kappa shape index (κ1) is 21.1. The van der Waals surface area contributed by atoms with Gasteiger partial charge in [-0.1, -0.05) is 47.5 Å². The SMILES string of the molecule is COC(=O)c1cc(Cl)cc(Cl)c1NC(=O)CN1Cc2ccccc2C[C@@H]1C(N)=O. The maximum atomic E-state index is 12.7. The van der Waals surface area contributed by atoms with E-state index < -0.39 is 23.8 Å². The Balaban J connectivity index is 1.82. The Bertz CT molecular complexity index is 980. The number of methoxy groups -OCH3 is 1. The lowest BCUT2D eigenvalue weighted by Gasteiger charge is -2.34. The molecule has 29 heavy (non-hydrogen) atoms. The number of anilines is 1. The standard InChI is InChI=1S/C20H19Cl2N3O4/c1-29-20(28)14-7-13(21)8-15(22)18(14)24-17(26)10-25-9-12-5-3-2-4-11(12)6-16(25)19(23)27/h2-5,7-8,16H,6,9-10H2,1H3,(H2,23,27)(H,24,26)/t16-/m1/s1. The highest BCUT2D eigenvalue weighted by Gasteiger charge is 2.31. The van der Waals surface area contributed by atoms with Gasteiger partial charge in [0.25, 0.3) is 0 Å². The van der Waals surface area contributed by atoms with Crippen LogP contribution in [0.5, 0.6) is 0 Å². The average molecular weight is 436 g/mol. The van der Waals surface area contributed by atoms with Crippen molar-refractivity contribution in [2.45, 2.75) is 19.0 Å². The summed E-state index contributed by atoms with van der Waals surface area (Å²) in [5.74, 6) is -1.65. The topological polar surface area (TPSA) is 102 Å². The number of primary amides is 1. The lowest BCUT2D eigenvalue weighted by atomic mass is 9.93. The number of nitrogens with one attached hydrogen (secondary N) is 1. The second kappa shape index (κ2) is 8.82. The summed E-state index contributed by atoms with van der Waals surface area (Å²) in [6, 6.07) is 9.85. The third kappa shape index (κ3) is 4.70. The summed E-state index contributed by atoms with van der Waals surface area (Å²) >= 11 is 12.1. The van der Waals surface area contributed by atoms with E-state index in [0.717, 1.165) is 11.1 Å². The summed E-state index contributed by atoms with van der Waals surface area (Å²) < 4.78 is 4.73. The van der Waals surface area contributed by atoms with Gasteiger partial charge in [-0.2, -0.15) is 0 Å². The highest BCUT2D eigenvalue weighted by atomic mass is 35.5. The van der Waals surface area contributed by atoms with Crippen molar-refractivity contribution in [3.05, 3.63) is 63.1 Å². The molecular weight excluding hydrogens is 417 g/mol. The van der Waals surface area contributed by atoms with Gasteiger partial charge >= 0.3 is 5.97 Å². The molecule has 2 aromatic carbocycles. The van der Waals surface area contributed by atoms with Crippen molar-refractivity contribution in [1.29, 1.82) is 0 Å². The Morgan fingerprint density at radius 1 is 1.21 bits per heavy atom. The highest BCUT2D eigenvalue weighted by molar-refractivity contribution is 6.37. The molecular formula is C20H19Cl2N3O4. The molecule has 1 aliphatic heterocycles. The minimum Gasteiger partial charge on any atom is -0.465 e. The average Bonchev–Trinajstić information content (AvgIpc) is 2.68. The van der Waals surface area contributed by atoms with Crippen molar-refractivity contribution in [1.82, 2.24) is 4.90 Å². The van der Waals surface area contributed by atoms with Crippen molar-refractivity contribution in [3.63, 3.8) is 0 Å². The molecule has 9 heteroatoms. The fraction of sp³-hybridized carbons (Fsp3) is 0.250. The number of amides is 2. The molecule has 0 aliphatic carbocycles. The van der Waals surface area contributed by atoms with Crippen molar-refractivity contribution >= 4 is 46.7 Å². The van der Waals surface area contributed by atoms with Gasteiger partial charge in [-0.25, -0.2) is 4.79 Å². The van der Waals surface area contributed by atoms with Crippen LogP contribution in [-0.4, -0.2) is 42.4 Å². The Morgan fingerprint density at radius 2 is 1.90 bits per heavy atom. The molecule has 1 atom stereocenters. The van der Waals surface area contributed by atoms with E-state index in [1.165, 1.54) is 19.2 Å². The largest absolute Gasteiger partial charge is 0.465 e. The van der Waals surface area contributed by atoms with Crippen molar-refractivity contribution < 1.29 is 19.1 Å². The number of rotatable bonds is 5. The predicted molar refractivity (Wildman–Crippen MR) is 110 cm³/mol. The number of ether oxygens (including phenoxy) is 1. The van der Waals surface area contributed by atoms with E-state index in [0.29, 0.717) is 13.0 Å². The molecule has 2 aromatic rings. The van der Waals surface area contributed by atoms with E-state index in [4.69, 9.17) is 33.7 Å². The third-order valence-corrected chi connectivity index (χ3v) is 5.26. The molecule has 1 heterocycles. The second-order valence-corrected chi connectivity index (χ2v) is 7.49. The van der Waals surface area contributed by atoms with Crippen LogP contribution in [0.1, 0.15) is 21.5 Å². The van der Waals surface area contributed by atoms with Gasteiger partial charge in [-0.05, 0) is 29.7 Å². The highest BCUT2D eigenvalue weighted by Crippen LogP contribution is 2.31. The summed E-state index contributed by atoms with van der Waals surface area (Å²) in [6.45, 7) is 0.289. The van der Waals surface area contributed by atoms with Crippen LogP contribution in [0.2, 0.25) is 10.0 Å². The van der Waals surface area contributed by atoms with Crippen LogP contribution >= 0.6 is 23.2 Å². The van der Waals surface area contributed by atoms with Gasteiger partial charge < -0.3 is 15.8 Å². The number of fused-ring (bicyclic) bond motifs is 1. The molecule has 1 aliphatic rings. The molecule has 0 aromatic heterocycles. The van der Waals surface area contributed by atoms with E-state index in [1.54, 1.807) is 4.90 Å². The smallest absolute Gasteiger partial charge is 0.340 e. The molecule has 3 rings (SSSR count). The van der Waals surface area contributed by atoms with Crippen molar-refractivity contribution in [3.8, 4) is 0 Å². The third-order valence-electron chi connectivity index (χ3n) is 4.75. The van der Waals surface area contributed by atoms with Crippen LogP contribution in [0.15, 0.2) is 36.4 Å². The summed E-state index contributed by atoms with van der Waals surface area (Å²) in [4.78, 5) is 38.4. The summed E-state index contributed by atoms with van der Waals surface area (Å²) in [6.07, 6.45) is 0.425. The van der Waals surface area contributed by atoms with E-state index in [-0.39, 0.29) is 27.8 Å². The first-order chi connectivity index (χ1) is 13.8. The van der Waals surface area contributed by atoms with Crippen LogP contribution in [-0.2, 0) is 27.3 Å². The Hall–Kier alpha value is -2.61. The lowest BCUT2D eigenvalue weighted by molar-refractivity contribution is -0.125. The molecule has 0 saturated heterocycles. The quantitative estimate of drug-likeness (QED) is 0.702. The zero-order valence-corrected chi connectivity index (χ0v) is 17.1. The Morgan fingerprint density at radius 3 is 2.55 bits per heavy atom. The first-order valence-corrected chi connectivity index (χ1v) is 9.53. The molecule has 7 nitrogen and oxygen atoms in total. The van der Waals surface area contributed by atoms with Gasteiger partial charge in [0.1, 0.15) is 0 Å². The molecule has 0 fully saturated rings. The molecule has 152 valence electrons. The number of halogens is 2. The number of carbonyl (C=O) groups excluding carboxylic acids is 3. The monoisotopic (exact) mass is 435 g/mol. The minimum atomic E-state index is -0.688. The number of hydrogen-bond acceptors (Lipinski definition) is 5. The fourth-order valence-electron chi connectivity index (χ4n) is 3.36. The first-order valence-electron chi connectivity index (χ1n) is 8.77. The van der Waals surface area contributed by atoms with Crippen molar-refractivity contribution in [2.75, 3.05) is 19.0 Å². The van der Waals surface area contributed by atoms with E-state index in [2.05, 4.69) is 5.32 Å². The molecule has 3 N–H and O–H groups in total. The number of nitrogens with zero attached hydrogens (tertiary/aromatic N) is 1. The number of hydrogen-bond donors (Lipinski definition) is 2. The molecule has 0 unspecified atom stereocenters. The van der Waals surface area contributed by atoms with E-state index in [1.807, 2.05) is 24.3 Å². The molecule has 2 amide bonds. The number of esters is 1. The number of carbonyl (C=O) groups is 3. The Kier molecular flexibility index (Phi) is 6.42. The molecule has 0 saturated carbocycles. The molecule has 0 bridgehead atoms. The Labute approximate surface area is 177 Å². The van der Waals surface area contributed by atoms with Crippen molar-refractivity contribution in [2.24, 2.45) is 5.73 Å².